The van der Waals surface area contributed by atoms with Crippen LogP contribution in [0, 0.1) is 11.2 Å². The highest BCUT2D eigenvalue weighted by Gasteiger charge is 2.46. The van der Waals surface area contributed by atoms with Crippen LogP contribution in [0.3, 0.4) is 0 Å². The number of benzene rings is 1. The van der Waals surface area contributed by atoms with Crippen molar-refractivity contribution < 1.29 is 28.6 Å². The third kappa shape index (κ3) is 3.72. The van der Waals surface area contributed by atoms with Crippen LogP contribution in [0.1, 0.15) is 24.8 Å². The molecular formula is C20H23FN2O5. The second kappa shape index (κ2) is 8.00. The van der Waals surface area contributed by atoms with Gasteiger partial charge in [-0.05, 0) is 49.4 Å². The molecule has 2 heterocycles. The number of carbonyl (C=O) groups excluding carboxylic acids is 1. The average Bonchev–Trinajstić information content (AvgIpc) is 3.14. The molecule has 1 atom stereocenters. The van der Waals surface area contributed by atoms with Gasteiger partial charge < -0.3 is 19.5 Å². The Labute approximate surface area is 162 Å². The van der Waals surface area contributed by atoms with E-state index in [-0.39, 0.29) is 13.1 Å². The van der Waals surface area contributed by atoms with E-state index in [1.165, 1.54) is 18.2 Å². The Morgan fingerprint density at radius 1 is 1.36 bits per heavy atom. The number of hydrogen-bond donors (Lipinski definition) is 1. The fraction of sp³-hybridized carbons (Fsp3) is 0.450. The highest BCUT2D eigenvalue weighted by molar-refractivity contribution is 5.83. The number of likely N-dealkylation sites (tertiary alicyclic amines) is 1. The zero-order chi connectivity index (χ0) is 20.3. The monoisotopic (exact) mass is 390 g/mol. The van der Waals surface area contributed by atoms with Crippen molar-refractivity contribution >= 4 is 23.0 Å². The summed E-state index contributed by atoms with van der Waals surface area (Å²) < 4.78 is 24.6. The molecule has 1 saturated heterocycles. The average molecular weight is 390 g/mol. The summed E-state index contributed by atoms with van der Waals surface area (Å²) in [6.07, 6.45) is 1.86. The summed E-state index contributed by atoms with van der Waals surface area (Å²) in [7, 11) is 2.85. The summed E-state index contributed by atoms with van der Waals surface area (Å²) in [6.45, 7) is 0.386. The number of fused-ring (bicyclic) bond motifs is 1. The van der Waals surface area contributed by atoms with Crippen LogP contribution >= 0.6 is 0 Å². The van der Waals surface area contributed by atoms with Gasteiger partial charge in [-0.25, -0.2) is 9.18 Å². The van der Waals surface area contributed by atoms with Crippen LogP contribution in [0.15, 0.2) is 24.4 Å². The van der Waals surface area contributed by atoms with E-state index in [4.69, 9.17) is 9.47 Å². The Hall–Kier alpha value is -2.90. The summed E-state index contributed by atoms with van der Waals surface area (Å²) >= 11 is 0. The van der Waals surface area contributed by atoms with Crippen LogP contribution in [-0.4, -0.2) is 54.4 Å². The maximum Gasteiger partial charge on any atom is 0.407 e. The predicted octanol–water partition coefficient (Wildman–Crippen LogP) is 3.25. The summed E-state index contributed by atoms with van der Waals surface area (Å²) in [5, 5.41) is 9.88. The molecule has 0 radical (unpaired) electrons. The standard InChI is InChI=1S/C20H23FN2O5/c1-27-13-5-6-17-15(10-13)14(16(21)11-22-17)4-3-7-20(18(24)28-2)8-9-23(12-20)19(25)26/h5-6,10-11H,3-4,7-9,12H2,1-2H3,(H,25,26). The summed E-state index contributed by atoms with van der Waals surface area (Å²) in [4.78, 5) is 29.0. The van der Waals surface area contributed by atoms with Gasteiger partial charge in [0, 0.05) is 18.5 Å². The molecule has 8 heteroatoms. The Balaban J connectivity index is 1.80. The molecule has 150 valence electrons. The summed E-state index contributed by atoms with van der Waals surface area (Å²) in [5.74, 6) is -0.218. The van der Waals surface area contributed by atoms with Gasteiger partial charge in [-0.3, -0.25) is 9.78 Å². The molecule has 2 aromatic rings. The van der Waals surface area contributed by atoms with Crippen molar-refractivity contribution in [3.05, 3.63) is 35.8 Å². The summed E-state index contributed by atoms with van der Waals surface area (Å²) in [6, 6.07) is 5.29. The molecule has 0 saturated carbocycles. The maximum absolute atomic E-state index is 14.5. The van der Waals surface area contributed by atoms with Gasteiger partial charge in [0.2, 0.25) is 0 Å². The molecule has 1 aromatic carbocycles. The SMILES string of the molecule is COC(=O)C1(CCCc2c(F)cnc3ccc(OC)cc23)CCN(C(=O)O)C1. The number of amides is 1. The number of esters is 1. The highest BCUT2D eigenvalue weighted by Crippen LogP contribution is 2.37. The van der Waals surface area contributed by atoms with Crippen molar-refractivity contribution in [3.8, 4) is 5.75 Å². The Morgan fingerprint density at radius 2 is 2.14 bits per heavy atom. The van der Waals surface area contributed by atoms with E-state index in [1.807, 2.05) is 0 Å². The lowest BCUT2D eigenvalue weighted by molar-refractivity contribution is -0.152. The van der Waals surface area contributed by atoms with Crippen LogP contribution in [0.4, 0.5) is 9.18 Å². The van der Waals surface area contributed by atoms with Crippen LogP contribution < -0.4 is 4.74 Å². The van der Waals surface area contributed by atoms with Crippen LogP contribution in [0.2, 0.25) is 0 Å². The van der Waals surface area contributed by atoms with Gasteiger partial charge in [0.15, 0.2) is 0 Å². The Kier molecular flexibility index (Phi) is 5.67. The first kappa shape index (κ1) is 19.9. The molecule has 1 N–H and O–H groups in total. The van der Waals surface area contributed by atoms with Crippen molar-refractivity contribution in [2.45, 2.75) is 25.7 Å². The molecule has 1 fully saturated rings. The number of methoxy groups -OCH3 is 2. The second-order valence-electron chi connectivity index (χ2n) is 7.05. The number of halogens is 1. The number of rotatable bonds is 6. The number of nitrogens with zero attached hydrogens (tertiary/aromatic N) is 2. The van der Waals surface area contributed by atoms with Crippen molar-refractivity contribution in [3.63, 3.8) is 0 Å². The van der Waals surface area contributed by atoms with Gasteiger partial charge in [-0.2, -0.15) is 0 Å². The minimum atomic E-state index is -1.05. The first-order chi connectivity index (χ1) is 13.4. The van der Waals surface area contributed by atoms with E-state index < -0.39 is 23.3 Å². The Morgan fingerprint density at radius 3 is 2.79 bits per heavy atom. The van der Waals surface area contributed by atoms with Crippen LogP contribution in [-0.2, 0) is 16.0 Å². The minimum absolute atomic E-state index is 0.0996. The first-order valence-corrected chi connectivity index (χ1v) is 9.07. The molecule has 0 aliphatic carbocycles. The van der Waals surface area contributed by atoms with Gasteiger partial charge in [-0.1, -0.05) is 0 Å². The van der Waals surface area contributed by atoms with Crippen molar-refractivity contribution in [2.24, 2.45) is 5.41 Å². The van der Waals surface area contributed by atoms with E-state index in [9.17, 15) is 19.1 Å². The zero-order valence-corrected chi connectivity index (χ0v) is 15.9. The molecule has 1 aromatic heterocycles. The number of ether oxygens (including phenoxy) is 2. The third-order valence-corrected chi connectivity index (χ3v) is 5.46. The number of aromatic nitrogens is 1. The first-order valence-electron chi connectivity index (χ1n) is 9.07. The van der Waals surface area contributed by atoms with Crippen molar-refractivity contribution in [2.75, 3.05) is 27.3 Å². The lowest BCUT2D eigenvalue weighted by Crippen LogP contribution is -2.37. The maximum atomic E-state index is 14.5. The molecule has 1 unspecified atom stereocenters. The van der Waals surface area contributed by atoms with Gasteiger partial charge in [0.05, 0.1) is 31.3 Å². The molecule has 0 bridgehead atoms. The normalized spacial score (nSPS) is 19.0. The number of pyridine rings is 1. The smallest absolute Gasteiger partial charge is 0.407 e. The van der Waals surface area contributed by atoms with Gasteiger partial charge in [-0.15, -0.1) is 0 Å². The molecule has 1 amide bonds. The summed E-state index contributed by atoms with van der Waals surface area (Å²) in [5.41, 5.74) is 0.291. The quantitative estimate of drug-likeness (QED) is 0.762. The van der Waals surface area contributed by atoms with Crippen molar-refractivity contribution in [1.82, 2.24) is 9.88 Å². The van der Waals surface area contributed by atoms with Crippen LogP contribution in [0.25, 0.3) is 10.9 Å². The molecule has 1 aliphatic heterocycles. The molecule has 0 spiro atoms. The topological polar surface area (TPSA) is 89.0 Å². The van der Waals surface area contributed by atoms with Gasteiger partial charge in [0.1, 0.15) is 11.6 Å². The Bertz CT molecular complexity index is 904. The zero-order valence-electron chi connectivity index (χ0n) is 15.9. The second-order valence-corrected chi connectivity index (χ2v) is 7.05. The minimum Gasteiger partial charge on any atom is -0.497 e. The van der Waals surface area contributed by atoms with Crippen LogP contribution in [0.5, 0.6) is 5.75 Å². The lowest BCUT2D eigenvalue weighted by atomic mass is 9.81. The third-order valence-electron chi connectivity index (χ3n) is 5.46. The lowest BCUT2D eigenvalue weighted by Gasteiger charge is -2.26. The van der Waals surface area contributed by atoms with E-state index in [1.54, 1.807) is 25.3 Å². The number of carbonyl (C=O) groups is 2. The molecular weight excluding hydrogens is 367 g/mol. The highest BCUT2D eigenvalue weighted by atomic mass is 19.1. The van der Waals surface area contributed by atoms with E-state index in [0.29, 0.717) is 47.9 Å². The predicted molar refractivity (Wildman–Crippen MR) is 99.9 cm³/mol. The van der Waals surface area contributed by atoms with E-state index >= 15 is 0 Å². The number of hydrogen-bond acceptors (Lipinski definition) is 5. The van der Waals surface area contributed by atoms with Gasteiger partial charge >= 0.3 is 12.1 Å². The molecule has 3 rings (SSSR count). The largest absolute Gasteiger partial charge is 0.497 e. The number of carboxylic acid groups (broad SMARTS) is 1. The molecule has 28 heavy (non-hydrogen) atoms. The van der Waals surface area contributed by atoms with Crippen molar-refractivity contribution in [1.29, 1.82) is 0 Å². The fourth-order valence-electron chi connectivity index (χ4n) is 3.91. The molecule has 1 aliphatic rings. The number of aryl methyl sites for hydroxylation is 1. The van der Waals surface area contributed by atoms with E-state index in [2.05, 4.69) is 4.98 Å². The van der Waals surface area contributed by atoms with E-state index in [0.717, 1.165) is 0 Å². The van der Waals surface area contributed by atoms with Gasteiger partial charge in [0.25, 0.3) is 0 Å². The fourth-order valence-corrected chi connectivity index (χ4v) is 3.91. The molecule has 7 nitrogen and oxygen atoms in total.